The van der Waals surface area contributed by atoms with Gasteiger partial charge in [-0.3, -0.25) is 0 Å². The van der Waals surface area contributed by atoms with Crippen LogP contribution in [0.1, 0.15) is 33.6 Å². The fraction of sp³-hybridized carbons (Fsp3) is 0.500. The van der Waals surface area contributed by atoms with E-state index in [0.29, 0.717) is 34.9 Å². The fourth-order valence-corrected chi connectivity index (χ4v) is 3.22. The average molecular weight is 334 g/mol. The Hall–Kier alpha value is -1.75. The number of hydrogen-bond acceptors (Lipinski definition) is 4. The van der Waals surface area contributed by atoms with Crippen LogP contribution in [0.3, 0.4) is 0 Å². The molecule has 4 nitrogen and oxygen atoms in total. The molecule has 5 heteroatoms. The van der Waals surface area contributed by atoms with Gasteiger partial charge in [-0.15, -0.1) is 0 Å². The van der Waals surface area contributed by atoms with Crippen molar-refractivity contribution in [2.24, 2.45) is 0 Å². The van der Waals surface area contributed by atoms with Gasteiger partial charge in [0.1, 0.15) is 0 Å². The Bertz CT molecular complexity index is 514. The average Bonchev–Trinajstić information content (AvgIpc) is 2.53. The van der Waals surface area contributed by atoms with E-state index < -0.39 is 0 Å². The van der Waals surface area contributed by atoms with E-state index in [9.17, 15) is 4.79 Å². The van der Waals surface area contributed by atoms with Gasteiger partial charge in [0.25, 0.3) is 0 Å². The van der Waals surface area contributed by atoms with E-state index in [2.05, 4.69) is 12.6 Å². The molecule has 126 valence electrons. The van der Waals surface area contributed by atoms with E-state index in [1.807, 2.05) is 26.0 Å². The summed E-state index contributed by atoms with van der Waals surface area (Å²) in [5.74, 6) is 1.37. The van der Waals surface area contributed by atoms with Gasteiger partial charge in [0.2, 0.25) is 0 Å². The van der Waals surface area contributed by atoms with Crippen LogP contribution in [0.4, 0.5) is 0 Å². The van der Waals surface area contributed by atoms with Gasteiger partial charge < -0.3 is 14.2 Å². The second kappa shape index (κ2) is 10.9. The van der Waals surface area contributed by atoms with Crippen molar-refractivity contribution in [1.82, 2.24) is 0 Å². The number of esters is 1. The van der Waals surface area contributed by atoms with Crippen molar-refractivity contribution in [2.75, 3.05) is 19.8 Å². The Morgan fingerprint density at radius 1 is 1.17 bits per heavy atom. The standard InChI is InChI=1S/C18H26O4Si/c1-5-20-15-10-9-11-16(17(15)21-6-2)23-13-8-7-12-22-18(19)14(3)4/h9-11H,3,5-8,12-13H2,1-2,4H3. The summed E-state index contributed by atoms with van der Waals surface area (Å²) in [5, 5.41) is 1.19. The van der Waals surface area contributed by atoms with Crippen molar-refractivity contribution in [3.63, 3.8) is 0 Å². The molecule has 0 aromatic heterocycles. The zero-order valence-corrected chi connectivity index (χ0v) is 15.3. The minimum atomic E-state index is -0.310. The molecule has 0 amide bonds. The predicted octanol–water partition coefficient (Wildman–Crippen LogP) is 3.13. The van der Waals surface area contributed by atoms with E-state index in [1.165, 1.54) is 5.19 Å². The Labute approximate surface area is 141 Å². The summed E-state index contributed by atoms with van der Waals surface area (Å²) < 4.78 is 16.5. The first-order valence-corrected chi connectivity index (χ1v) is 9.25. The van der Waals surface area contributed by atoms with Crippen molar-refractivity contribution >= 4 is 20.7 Å². The number of unbranched alkanes of at least 4 members (excludes halogenated alkanes) is 1. The minimum absolute atomic E-state index is 0.310. The van der Waals surface area contributed by atoms with Gasteiger partial charge in [-0.1, -0.05) is 31.2 Å². The summed E-state index contributed by atoms with van der Waals surface area (Å²) in [6.07, 6.45) is 1.87. The maximum Gasteiger partial charge on any atom is 0.333 e. The summed E-state index contributed by atoms with van der Waals surface area (Å²) in [6.45, 7) is 10.9. The predicted molar refractivity (Wildman–Crippen MR) is 94.0 cm³/mol. The number of para-hydroxylation sites is 1. The highest BCUT2D eigenvalue weighted by molar-refractivity contribution is 6.54. The lowest BCUT2D eigenvalue weighted by atomic mass is 10.3. The molecule has 23 heavy (non-hydrogen) atoms. The molecule has 1 aromatic rings. The number of benzene rings is 1. The first-order valence-electron chi connectivity index (χ1n) is 8.05. The molecule has 0 N–H and O–H groups in total. The highest BCUT2D eigenvalue weighted by Gasteiger charge is 2.11. The number of ether oxygens (including phenoxy) is 3. The second-order valence-electron chi connectivity index (χ2n) is 5.05. The van der Waals surface area contributed by atoms with E-state index in [4.69, 9.17) is 14.2 Å². The first-order chi connectivity index (χ1) is 11.1. The van der Waals surface area contributed by atoms with Gasteiger partial charge in [0, 0.05) is 5.57 Å². The first kappa shape index (κ1) is 19.3. The number of carbonyl (C=O) groups is 1. The lowest BCUT2D eigenvalue weighted by molar-refractivity contribution is -0.139. The van der Waals surface area contributed by atoms with Crippen molar-refractivity contribution in [1.29, 1.82) is 0 Å². The number of carbonyl (C=O) groups excluding carboxylic acids is 1. The summed E-state index contributed by atoms with van der Waals surface area (Å²) in [5.41, 5.74) is 0.445. The van der Waals surface area contributed by atoms with E-state index in [-0.39, 0.29) is 5.97 Å². The monoisotopic (exact) mass is 334 g/mol. The van der Waals surface area contributed by atoms with Gasteiger partial charge in [0.15, 0.2) is 11.5 Å². The molecule has 0 aliphatic carbocycles. The third kappa shape index (κ3) is 6.90. The fourth-order valence-electron chi connectivity index (χ4n) is 1.96. The smallest absolute Gasteiger partial charge is 0.333 e. The maximum atomic E-state index is 11.3. The van der Waals surface area contributed by atoms with Gasteiger partial charge in [-0.2, -0.15) is 0 Å². The lowest BCUT2D eigenvalue weighted by Gasteiger charge is -2.14. The molecule has 2 radical (unpaired) electrons. The van der Waals surface area contributed by atoms with Crippen LogP contribution >= 0.6 is 0 Å². The van der Waals surface area contributed by atoms with Crippen LogP contribution in [0, 0.1) is 0 Å². The zero-order chi connectivity index (χ0) is 17.1. The summed E-state index contributed by atoms with van der Waals surface area (Å²) >= 11 is 0. The van der Waals surface area contributed by atoms with E-state index in [0.717, 1.165) is 30.4 Å². The Kier molecular flexibility index (Phi) is 9.13. The van der Waals surface area contributed by atoms with Gasteiger partial charge in [-0.25, -0.2) is 4.79 Å². The molecule has 0 saturated carbocycles. The van der Waals surface area contributed by atoms with Crippen molar-refractivity contribution in [2.45, 2.75) is 39.7 Å². The van der Waals surface area contributed by atoms with Gasteiger partial charge >= 0.3 is 5.97 Å². The molecule has 0 fully saturated rings. The molecule has 1 rings (SSSR count). The Morgan fingerprint density at radius 3 is 2.57 bits per heavy atom. The molecule has 0 saturated heterocycles. The van der Waals surface area contributed by atoms with Crippen LogP contribution in [-0.2, 0) is 9.53 Å². The molecule has 0 atom stereocenters. The SMILES string of the molecule is C=C(C)C(=O)OCCCC[Si]c1cccc(OCC)c1OCC. The van der Waals surface area contributed by atoms with Crippen molar-refractivity contribution in [3.8, 4) is 11.5 Å². The topological polar surface area (TPSA) is 44.8 Å². The normalized spacial score (nSPS) is 10.2. The summed E-state index contributed by atoms with van der Waals surface area (Å²) in [6, 6.07) is 7.08. The van der Waals surface area contributed by atoms with E-state index in [1.54, 1.807) is 6.92 Å². The summed E-state index contributed by atoms with van der Waals surface area (Å²) in [4.78, 5) is 11.3. The second-order valence-corrected chi connectivity index (χ2v) is 6.44. The Morgan fingerprint density at radius 2 is 1.91 bits per heavy atom. The van der Waals surface area contributed by atoms with Crippen LogP contribution in [0.15, 0.2) is 30.4 Å². The molecule has 0 heterocycles. The molecule has 0 aliphatic heterocycles. The molecule has 0 aliphatic rings. The molecular weight excluding hydrogens is 308 g/mol. The van der Waals surface area contributed by atoms with Crippen LogP contribution in [0.2, 0.25) is 6.04 Å². The van der Waals surface area contributed by atoms with Gasteiger partial charge in [0.05, 0.1) is 29.3 Å². The Balaban J connectivity index is 2.43. The van der Waals surface area contributed by atoms with Crippen LogP contribution in [0.5, 0.6) is 11.5 Å². The van der Waals surface area contributed by atoms with E-state index >= 15 is 0 Å². The molecular formula is C18H26O4Si. The van der Waals surface area contributed by atoms with Crippen LogP contribution in [0.25, 0.3) is 0 Å². The largest absolute Gasteiger partial charge is 0.490 e. The molecule has 1 aromatic carbocycles. The third-order valence-electron chi connectivity index (χ3n) is 3.04. The lowest BCUT2D eigenvalue weighted by Crippen LogP contribution is -2.18. The zero-order valence-electron chi connectivity index (χ0n) is 14.3. The quantitative estimate of drug-likeness (QED) is 0.270. The molecule has 0 spiro atoms. The summed E-state index contributed by atoms with van der Waals surface area (Å²) in [7, 11) is 0.652. The van der Waals surface area contributed by atoms with Gasteiger partial charge in [-0.05, 0) is 38.4 Å². The highest BCUT2D eigenvalue weighted by atomic mass is 28.2. The minimum Gasteiger partial charge on any atom is -0.490 e. The van der Waals surface area contributed by atoms with Crippen molar-refractivity contribution < 1.29 is 19.0 Å². The van der Waals surface area contributed by atoms with Crippen molar-refractivity contribution in [3.05, 3.63) is 30.4 Å². The van der Waals surface area contributed by atoms with Crippen LogP contribution in [-0.4, -0.2) is 35.3 Å². The molecule has 0 unspecified atom stereocenters. The molecule has 0 bridgehead atoms. The number of hydrogen-bond donors (Lipinski definition) is 0. The number of rotatable bonds is 11. The van der Waals surface area contributed by atoms with Crippen LogP contribution < -0.4 is 14.7 Å². The third-order valence-corrected chi connectivity index (χ3v) is 4.41. The maximum absolute atomic E-state index is 11.3. The highest BCUT2D eigenvalue weighted by Crippen LogP contribution is 2.24.